The van der Waals surface area contributed by atoms with E-state index in [1.54, 1.807) is 36.1 Å². The standard InChI is InChI=1S/C26H32N4O4/c1-6-7-14-30-18(4)22(24(31)34-5)23(29-26(30)33)19-11-9-12-20(15-19)27-25(32)28-21-13-8-10-16(2)17(21)3/h8-13,15,23H,6-7,14H2,1-5H3,(H,29,33)(H2,27,28,32). The highest BCUT2D eigenvalue weighted by Gasteiger charge is 2.36. The molecule has 2 aromatic carbocycles. The van der Waals surface area contributed by atoms with Crippen molar-refractivity contribution >= 4 is 29.4 Å². The number of nitrogens with one attached hydrogen (secondary N) is 3. The largest absolute Gasteiger partial charge is 0.466 e. The van der Waals surface area contributed by atoms with Crippen LogP contribution in [0.15, 0.2) is 53.7 Å². The van der Waals surface area contributed by atoms with Crippen molar-refractivity contribution in [3.8, 4) is 0 Å². The molecule has 3 rings (SSSR count). The van der Waals surface area contributed by atoms with Crippen LogP contribution in [0, 0.1) is 13.8 Å². The van der Waals surface area contributed by atoms with Crippen molar-refractivity contribution in [2.75, 3.05) is 24.3 Å². The number of carbonyl (C=O) groups is 3. The SMILES string of the molecule is CCCCN1C(=O)NC(c2cccc(NC(=O)Nc3cccc(C)c3C)c2)C(C(=O)OC)=C1C. The molecule has 1 atom stereocenters. The van der Waals surface area contributed by atoms with E-state index >= 15 is 0 Å². The summed E-state index contributed by atoms with van der Waals surface area (Å²) in [7, 11) is 1.32. The summed E-state index contributed by atoms with van der Waals surface area (Å²) in [4.78, 5) is 39.7. The van der Waals surface area contributed by atoms with Crippen LogP contribution in [0.1, 0.15) is 49.4 Å². The average Bonchev–Trinajstić information content (AvgIpc) is 2.81. The van der Waals surface area contributed by atoms with Crippen LogP contribution in [-0.2, 0) is 9.53 Å². The number of urea groups is 2. The molecule has 0 fully saturated rings. The zero-order valence-corrected chi connectivity index (χ0v) is 20.3. The lowest BCUT2D eigenvalue weighted by atomic mass is 9.94. The molecule has 3 N–H and O–H groups in total. The maximum atomic E-state index is 12.8. The van der Waals surface area contributed by atoms with Gasteiger partial charge >= 0.3 is 18.0 Å². The van der Waals surface area contributed by atoms with Gasteiger partial charge in [-0.3, -0.25) is 4.90 Å². The Morgan fingerprint density at radius 1 is 1.09 bits per heavy atom. The van der Waals surface area contributed by atoms with Crippen LogP contribution >= 0.6 is 0 Å². The molecular weight excluding hydrogens is 432 g/mol. The average molecular weight is 465 g/mol. The van der Waals surface area contributed by atoms with E-state index < -0.39 is 12.0 Å². The first-order valence-electron chi connectivity index (χ1n) is 11.4. The maximum Gasteiger partial charge on any atom is 0.337 e. The van der Waals surface area contributed by atoms with Crippen molar-refractivity contribution in [2.45, 2.75) is 46.6 Å². The first-order chi connectivity index (χ1) is 16.3. The number of methoxy groups -OCH3 is 1. The molecule has 0 aliphatic carbocycles. The lowest BCUT2D eigenvalue weighted by Gasteiger charge is -2.35. The number of carbonyl (C=O) groups excluding carboxylic acids is 3. The predicted molar refractivity (Wildman–Crippen MR) is 133 cm³/mol. The van der Waals surface area contributed by atoms with Gasteiger partial charge in [-0.15, -0.1) is 0 Å². The number of rotatable bonds is 7. The van der Waals surface area contributed by atoms with Crippen LogP contribution in [-0.4, -0.2) is 36.6 Å². The Kier molecular flexibility index (Phi) is 7.94. The molecule has 8 heteroatoms. The van der Waals surface area contributed by atoms with Gasteiger partial charge in [0.1, 0.15) is 0 Å². The van der Waals surface area contributed by atoms with Crippen LogP contribution in [0.5, 0.6) is 0 Å². The highest BCUT2D eigenvalue weighted by molar-refractivity contribution is 6.00. The Hall–Kier alpha value is -3.81. The summed E-state index contributed by atoms with van der Waals surface area (Å²) in [6.45, 7) is 8.25. The Morgan fingerprint density at radius 3 is 2.53 bits per heavy atom. The van der Waals surface area contributed by atoms with Crippen molar-refractivity contribution in [3.63, 3.8) is 0 Å². The van der Waals surface area contributed by atoms with E-state index in [9.17, 15) is 14.4 Å². The number of hydrogen-bond acceptors (Lipinski definition) is 4. The molecule has 1 heterocycles. The first-order valence-corrected chi connectivity index (χ1v) is 11.4. The third kappa shape index (κ3) is 5.39. The Balaban J connectivity index is 1.86. The number of hydrogen-bond donors (Lipinski definition) is 3. The molecule has 1 aliphatic heterocycles. The zero-order valence-electron chi connectivity index (χ0n) is 20.3. The second kappa shape index (κ2) is 10.9. The molecule has 4 amide bonds. The van der Waals surface area contributed by atoms with Crippen molar-refractivity contribution in [2.24, 2.45) is 0 Å². The van der Waals surface area contributed by atoms with Gasteiger partial charge in [0.2, 0.25) is 0 Å². The molecule has 0 spiro atoms. The van der Waals surface area contributed by atoms with Gasteiger partial charge in [-0.05, 0) is 62.1 Å². The number of amides is 4. The molecule has 0 saturated heterocycles. The zero-order chi connectivity index (χ0) is 24.8. The monoisotopic (exact) mass is 464 g/mol. The Bertz CT molecular complexity index is 1130. The number of esters is 1. The minimum atomic E-state index is -0.693. The van der Waals surface area contributed by atoms with Crippen molar-refractivity contribution in [3.05, 3.63) is 70.4 Å². The summed E-state index contributed by atoms with van der Waals surface area (Å²) in [5.74, 6) is -0.505. The van der Waals surface area contributed by atoms with Crippen molar-refractivity contribution in [1.82, 2.24) is 10.2 Å². The van der Waals surface area contributed by atoms with Gasteiger partial charge in [-0.1, -0.05) is 37.6 Å². The van der Waals surface area contributed by atoms with Crippen molar-refractivity contribution < 1.29 is 19.1 Å². The number of nitrogens with zero attached hydrogens (tertiary/aromatic N) is 1. The summed E-state index contributed by atoms with van der Waals surface area (Å²) >= 11 is 0. The molecular formula is C26H32N4O4. The fourth-order valence-electron chi connectivity index (χ4n) is 3.96. The van der Waals surface area contributed by atoms with Gasteiger partial charge in [-0.2, -0.15) is 0 Å². The number of anilines is 2. The van der Waals surface area contributed by atoms with E-state index in [1.807, 2.05) is 39.0 Å². The Labute approximate surface area is 200 Å². The van der Waals surface area contributed by atoms with Gasteiger partial charge in [0.25, 0.3) is 0 Å². The Morgan fingerprint density at radius 2 is 1.82 bits per heavy atom. The summed E-state index contributed by atoms with van der Waals surface area (Å²) in [5.41, 5.74) is 4.94. The van der Waals surface area contributed by atoms with Crippen LogP contribution in [0.2, 0.25) is 0 Å². The van der Waals surface area contributed by atoms with Crippen molar-refractivity contribution in [1.29, 1.82) is 0 Å². The maximum absolute atomic E-state index is 12.8. The van der Waals surface area contributed by atoms with E-state index in [2.05, 4.69) is 16.0 Å². The van der Waals surface area contributed by atoms with Crippen LogP contribution < -0.4 is 16.0 Å². The molecule has 1 aliphatic rings. The van der Waals surface area contributed by atoms with E-state index in [0.29, 0.717) is 29.1 Å². The number of ether oxygens (including phenoxy) is 1. The summed E-state index contributed by atoms with van der Waals surface area (Å²) < 4.78 is 5.03. The van der Waals surface area contributed by atoms with E-state index in [-0.39, 0.29) is 12.1 Å². The molecule has 2 aromatic rings. The minimum Gasteiger partial charge on any atom is -0.466 e. The lowest BCUT2D eigenvalue weighted by molar-refractivity contribution is -0.136. The van der Waals surface area contributed by atoms with E-state index in [0.717, 1.165) is 29.7 Å². The third-order valence-corrected chi connectivity index (χ3v) is 6.07. The topological polar surface area (TPSA) is 99.8 Å². The van der Waals surface area contributed by atoms with E-state index in [1.165, 1.54) is 7.11 Å². The van der Waals surface area contributed by atoms with Crippen LogP contribution in [0.3, 0.4) is 0 Å². The number of allylic oxidation sites excluding steroid dienone is 1. The third-order valence-electron chi connectivity index (χ3n) is 6.07. The summed E-state index contributed by atoms with van der Waals surface area (Å²) in [5, 5.41) is 8.61. The second-order valence-electron chi connectivity index (χ2n) is 8.33. The first kappa shape index (κ1) is 24.8. The van der Waals surface area contributed by atoms with Gasteiger partial charge in [0, 0.05) is 23.6 Å². The minimum absolute atomic E-state index is 0.269. The van der Waals surface area contributed by atoms with Crippen LogP contribution in [0.4, 0.5) is 21.0 Å². The van der Waals surface area contributed by atoms with Gasteiger partial charge < -0.3 is 20.7 Å². The molecule has 0 saturated carbocycles. The quantitative estimate of drug-likeness (QED) is 0.487. The van der Waals surface area contributed by atoms with Gasteiger partial charge in [-0.25, -0.2) is 14.4 Å². The molecule has 180 valence electrons. The smallest absolute Gasteiger partial charge is 0.337 e. The number of unbranched alkanes of at least 4 members (excludes halogenated alkanes) is 1. The molecule has 0 aromatic heterocycles. The summed E-state index contributed by atoms with van der Waals surface area (Å²) in [6.07, 6.45) is 1.74. The second-order valence-corrected chi connectivity index (χ2v) is 8.33. The fraction of sp³-hybridized carbons (Fsp3) is 0.346. The number of aryl methyl sites for hydroxylation is 1. The molecule has 8 nitrogen and oxygen atoms in total. The van der Waals surface area contributed by atoms with E-state index in [4.69, 9.17) is 4.74 Å². The molecule has 1 unspecified atom stereocenters. The predicted octanol–water partition coefficient (Wildman–Crippen LogP) is 5.26. The fourth-order valence-corrected chi connectivity index (χ4v) is 3.96. The number of benzene rings is 2. The van der Waals surface area contributed by atoms with Crippen LogP contribution in [0.25, 0.3) is 0 Å². The highest BCUT2D eigenvalue weighted by Crippen LogP contribution is 2.32. The highest BCUT2D eigenvalue weighted by atomic mass is 16.5. The summed E-state index contributed by atoms with van der Waals surface area (Å²) in [6, 6.07) is 11.4. The normalized spacial score (nSPS) is 15.6. The molecule has 0 radical (unpaired) electrons. The van der Waals surface area contributed by atoms with Gasteiger partial charge in [0.15, 0.2) is 0 Å². The lowest BCUT2D eigenvalue weighted by Crippen LogP contribution is -2.48. The molecule has 34 heavy (non-hydrogen) atoms. The van der Waals surface area contributed by atoms with Gasteiger partial charge in [0.05, 0.1) is 18.7 Å². The molecule has 0 bridgehead atoms.